The van der Waals surface area contributed by atoms with E-state index in [1.54, 1.807) is 0 Å². The number of phenolic OH excluding ortho intramolecular Hbond substituents is 4. The van der Waals surface area contributed by atoms with Crippen LogP contribution >= 0.6 is 0 Å². The van der Waals surface area contributed by atoms with Crippen LogP contribution in [0.25, 0.3) is 0 Å². The molecule has 0 saturated carbocycles. The first-order valence-electron chi connectivity index (χ1n) is 30.9. The van der Waals surface area contributed by atoms with Gasteiger partial charge in [0, 0.05) is 68.8 Å². The van der Waals surface area contributed by atoms with Crippen LogP contribution in [0.1, 0.15) is 140 Å². The van der Waals surface area contributed by atoms with Gasteiger partial charge in [-0.15, -0.1) is 0 Å². The number of Topliss-reactive ketones (excluding diaryl/α,β-unsaturated/α-hetero) is 3. The molecule has 0 aliphatic carbocycles. The summed E-state index contributed by atoms with van der Waals surface area (Å²) in [5, 5.41) is 94.8. The summed E-state index contributed by atoms with van der Waals surface area (Å²) in [5.74, 6) is -33.5. The van der Waals surface area contributed by atoms with E-state index in [1.165, 1.54) is 27.7 Å². The SMILES string of the molecule is CC(C)[C@H](N)C(=O)N[C@@H](C)C(=O)N[C@@H](CC(=O)O)C(=O)C(F)(C(=O)C(F)(C(=O)[C@H](CC(=O)O)NC(=O)[C@H](C)NC(=O)[C@@H](N)C(C)C)c1c(C(=O)O)ccc2c1C(=O)OC21c2ccc(O)cc2Oc2cc(O)ccc21)c1c(C(=O)O)ccc2c1C(=O)OC21c2ccc(O)cc2Oc2cc(O)ccc21. The number of esters is 2. The van der Waals surface area contributed by atoms with Crippen LogP contribution in [0.3, 0.4) is 0 Å². The van der Waals surface area contributed by atoms with Crippen molar-refractivity contribution < 1.29 is 131 Å². The predicted molar refractivity (Wildman–Crippen MR) is 340 cm³/mol. The number of aliphatic carboxylic acids is 2. The molecule has 2 spiro atoms. The number of alkyl halides is 2. The van der Waals surface area contributed by atoms with Gasteiger partial charge >= 0.3 is 35.8 Å². The Bertz CT molecular complexity index is 4320. The van der Waals surface area contributed by atoms with Crippen LogP contribution in [-0.2, 0) is 75.2 Å². The summed E-state index contributed by atoms with van der Waals surface area (Å²) in [6.45, 7) is 7.75. The van der Waals surface area contributed by atoms with Gasteiger partial charge in [0.25, 0.3) is 11.3 Å². The second-order valence-corrected chi connectivity index (χ2v) is 25.2. The number of nitrogens with two attached hydrogens (primary N) is 2. The number of ketones is 3. The summed E-state index contributed by atoms with van der Waals surface area (Å²) in [6.07, 6.45) is -3.97. The molecular weight excluding hydrogens is 1350 g/mol. The Balaban J connectivity index is 1.36. The van der Waals surface area contributed by atoms with E-state index in [0.29, 0.717) is 12.1 Å². The second-order valence-electron chi connectivity index (χ2n) is 25.2. The minimum absolute atomic E-state index is 0.370. The van der Waals surface area contributed by atoms with Crippen LogP contribution in [0.4, 0.5) is 8.78 Å². The molecule has 31 nitrogen and oxygen atoms in total. The van der Waals surface area contributed by atoms with Crippen molar-refractivity contribution in [3.8, 4) is 46.0 Å². The molecule has 4 amide bonds. The Morgan fingerprint density at radius 3 is 0.990 bits per heavy atom. The van der Waals surface area contributed by atoms with Crippen LogP contribution in [-0.4, -0.2) is 154 Å². The maximum absolute atomic E-state index is 21.4. The van der Waals surface area contributed by atoms with Gasteiger partial charge in [-0.2, -0.15) is 0 Å². The Morgan fingerprint density at radius 1 is 0.441 bits per heavy atom. The highest BCUT2D eigenvalue weighted by molar-refractivity contribution is 6.28. The Kier molecular flexibility index (Phi) is 18.7. The largest absolute Gasteiger partial charge is 0.508 e. The molecule has 532 valence electrons. The van der Waals surface area contributed by atoms with Crippen molar-refractivity contribution in [1.29, 1.82) is 0 Å². The summed E-state index contributed by atoms with van der Waals surface area (Å²) in [7, 11) is 0. The number of ether oxygens (including phenoxy) is 4. The van der Waals surface area contributed by atoms with Gasteiger partial charge in [-0.25, -0.2) is 28.0 Å². The number of halogens is 2. The number of aromatic carboxylic acids is 2. The molecule has 4 aliphatic rings. The van der Waals surface area contributed by atoms with Crippen molar-refractivity contribution >= 4 is 76.8 Å². The molecule has 0 fully saturated rings. The van der Waals surface area contributed by atoms with Gasteiger partial charge in [-0.05, 0) is 86.3 Å². The molecule has 6 aromatic rings. The minimum atomic E-state index is -5.80. The second kappa shape index (κ2) is 26.4. The maximum Gasteiger partial charge on any atom is 0.340 e. The molecule has 8 atom stereocenters. The zero-order valence-electron chi connectivity index (χ0n) is 54.2. The third-order valence-corrected chi connectivity index (χ3v) is 17.9. The van der Waals surface area contributed by atoms with E-state index in [4.69, 9.17) is 30.4 Å². The number of rotatable bonds is 24. The van der Waals surface area contributed by atoms with E-state index in [0.717, 1.165) is 98.8 Å². The zero-order chi connectivity index (χ0) is 75.1. The molecule has 4 aliphatic heterocycles. The topological polar surface area (TPSA) is 521 Å². The van der Waals surface area contributed by atoms with Crippen LogP contribution in [0.5, 0.6) is 46.0 Å². The van der Waals surface area contributed by atoms with Crippen LogP contribution in [0.15, 0.2) is 97.1 Å². The lowest BCUT2D eigenvalue weighted by Gasteiger charge is -2.38. The molecule has 0 radical (unpaired) electrons. The number of benzene rings is 6. The number of carbonyl (C=O) groups excluding carboxylic acids is 9. The highest BCUT2D eigenvalue weighted by Crippen LogP contribution is 2.62. The number of amides is 4. The Hall–Kier alpha value is -12.4. The lowest BCUT2D eigenvalue weighted by molar-refractivity contribution is -0.161. The van der Waals surface area contributed by atoms with Crippen molar-refractivity contribution in [3.63, 3.8) is 0 Å². The van der Waals surface area contributed by atoms with E-state index in [-0.39, 0.29) is 22.3 Å². The number of aromatic hydroxyl groups is 4. The molecule has 0 bridgehead atoms. The highest BCUT2D eigenvalue weighted by atomic mass is 19.2. The standard InChI is InChI=1S/C69H62F2N6O25/c1-25(2)53(72)59(90)74-27(5)57(88)76-41(23-47(82)83)55(86)66(70,51-33(61(92)93)11-17-39-49(51)63(96)101-68(39)35-13-7-29(78)19-43(35)99-44-20-30(79)8-14-36(44)68)65(98)67(71,56(87)42(24-48(84)85)77-58(89)28(6)75-60(91)54(73)26(3)4)52-34(62(94)95)12-18-40-50(52)64(97)102-69(40)37-15-9-31(80)21-45(37)100-46-22-32(81)10-16-38(46)69/h7-22,25-28,41-42,53-54,78-81H,23-24,72-73H2,1-6H3,(H,74,90)(H,75,91)(H,76,88)(H,77,89)(H,82,83)(H,84,85)(H,92,93)(H,94,95)/t27-,28-,41-,42-,53-,54-,66?,67?/m0/s1. The zero-order valence-corrected chi connectivity index (χ0v) is 54.2. The lowest BCUT2D eigenvalue weighted by atomic mass is 9.66. The molecular formula is C69H62F2N6O25. The number of hydrogen-bond donors (Lipinski definition) is 14. The number of nitrogens with one attached hydrogen (secondary N) is 4. The molecule has 16 N–H and O–H groups in total. The third kappa shape index (κ3) is 11.8. The molecule has 0 aromatic heterocycles. The number of carboxylic acids is 4. The van der Waals surface area contributed by atoms with Crippen molar-refractivity contribution in [2.45, 2.75) is 113 Å². The Morgan fingerprint density at radius 2 is 0.725 bits per heavy atom. The lowest BCUT2D eigenvalue weighted by Crippen LogP contribution is -2.63. The predicted octanol–water partition coefficient (Wildman–Crippen LogP) is 3.67. The average molecular weight is 1410 g/mol. The molecule has 102 heavy (non-hydrogen) atoms. The smallest absolute Gasteiger partial charge is 0.340 e. The molecule has 2 unspecified atom stereocenters. The van der Waals surface area contributed by atoms with Gasteiger partial charge < -0.3 is 92.5 Å². The molecule has 10 rings (SSSR count). The fourth-order valence-corrected chi connectivity index (χ4v) is 12.8. The summed E-state index contributed by atoms with van der Waals surface area (Å²) in [4.78, 5) is 191. The average Bonchev–Trinajstić information content (AvgIpc) is 1.45. The number of carboxylic acid groups (broad SMARTS) is 4. The summed E-state index contributed by atoms with van der Waals surface area (Å²) >= 11 is 0. The van der Waals surface area contributed by atoms with Gasteiger partial charge in [0.2, 0.25) is 41.0 Å². The van der Waals surface area contributed by atoms with Gasteiger partial charge in [-0.1, -0.05) is 39.8 Å². The number of fused-ring (bicyclic) bond motifs is 12. The molecule has 4 heterocycles. The number of phenols is 4. The third-order valence-electron chi connectivity index (χ3n) is 17.9. The van der Waals surface area contributed by atoms with Crippen molar-refractivity contribution in [2.75, 3.05) is 0 Å². The van der Waals surface area contributed by atoms with E-state index in [9.17, 15) is 79.2 Å². The highest BCUT2D eigenvalue weighted by Gasteiger charge is 2.70. The fraction of sp³-hybridized carbons (Fsp3) is 0.290. The van der Waals surface area contributed by atoms with Crippen molar-refractivity contribution in [1.82, 2.24) is 21.3 Å². The van der Waals surface area contributed by atoms with Gasteiger partial charge in [0.05, 0.1) is 47.2 Å². The maximum atomic E-state index is 21.4. The van der Waals surface area contributed by atoms with Crippen molar-refractivity contribution in [2.24, 2.45) is 23.3 Å². The quantitative estimate of drug-likeness (QED) is 0.0303. The molecule has 33 heteroatoms. The first kappa shape index (κ1) is 72.4. The minimum Gasteiger partial charge on any atom is -0.508 e. The van der Waals surface area contributed by atoms with Crippen LogP contribution in [0.2, 0.25) is 0 Å². The first-order valence-corrected chi connectivity index (χ1v) is 30.9. The van der Waals surface area contributed by atoms with Gasteiger partial charge in [-0.3, -0.25) is 43.2 Å². The van der Waals surface area contributed by atoms with Crippen LogP contribution in [0, 0.1) is 11.8 Å². The summed E-state index contributed by atoms with van der Waals surface area (Å²) in [6, 6.07) is 0.782. The van der Waals surface area contributed by atoms with Crippen LogP contribution < -0.4 is 42.2 Å². The summed E-state index contributed by atoms with van der Waals surface area (Å²) < 4.78 is 67.1. The molecule has 0 saturated heterocycles. The van der Waals surface area contributed by atoms with Gasteiger partial charge in [0.15, 0.2) is 11.2 Å². The first-order chi connectivity index (χ1) is 47.8. The fourth-order valence-electron chi connectivity index (χ4n) is 12.8. The molecule has 6 aromatic carbocycles. The van der Waals surface area contributed by atoms with E-state index < -0.39 is 251 Å². The number of carbonyl (C=O) groups is 13. The summed E-state index contributed by atoms with van der Waals surface area (Å²) in [5.41, 5.74) is -19.6. The van der Waals surface area contributed by atoms with Crippen molar-refractivity contribution in [3.05, 3.63) is 164 Å². The van der Waals surface area contributed by atoms with Gasteiger partial charge in [0.1, 0.15) is 70.2 Å². The van der Waals surface area contributed by atoms with E-state index in [1.807, 2.05) is 10.6 Å². The Labute approximate surface area is 573 Å². The normalized spacial score (nSPS) is 16.8. The van der Waals surface area contributed by atoms with E-state index >= 15 is 32.8 Å². The van der Waals surface area contributed by atoms with E-state index in [2.05, 4.69) is 10.6 Å². The number of hydrogen-bond acceptors (Lipinski definition) is 23. The monoisotopic (exact) mass is 1410 g/mol.